The number of amides is 1. The molecule has 1 unspecified atom stereocenters. The summed E-state index contributed by atoms with van der Waals surface area (Å²) in [5.74, 6) is 0.680. The van der Waals surface area contributed by atoms with Crippen molar-refractivity contribution in [2.75, 3.05) is 12.4 Å². The van der Waals surface area contributed by atoms with Gasteiger partial charge in [0.1, 0.15) is 11.9 Å². The quantitative estimate of drug-likeness (QED) is 0.902. The summed E-state index contributed by atoms with van der Waals surface area (Å²) < 4.78 is 0. The van der Waals surface area contributed by atoms with E-state index < -0.39 is 0 Å². The first-order valence-electron chi connectivity index (χ1n) is 6.76. The van der Waals surface area contributed by atoms with Gasteiger partial charge in [-0.05, 0) is 23.6 Å². The molecule has 0 spiro atoms. The minimum absolute atomic E-state index is 0.0348. The number of fused-ring (bicyclic) bond motifs is 1. The Bertz CT molecular complexity index is 616. The first-order chi connectivity index (χ1) is 9.41. The Labute approximate surface area is 119 Å². The molecular formula is C16H21N3O. The van der Waals surface area contributed by atoms with Crippen LogP contribution in [0.1, 0.15) is 20.8 Å². The van der Waals surface area contributed by atoms with Gasteiger partial charge in [0.05, 0.1) is 5.52 Å². The second kappa shape index (κ2) is 5.49. The van der Waals surface area contributed by atoms with Gasteiger partial charge in [-0.2, -0.15) is 0 Å². The fourth-order valence-corrected chi connectivity index (χ4v) is 2.11. The highest BCUT2D eigenvalue weighted by Crippen LogP contribution is 2.24. The second-order valence-electron chi connectivity index (χ2n) is 5.95. The fourth-order valence-electron chi connectivity index (χ4n) is 2.11. The molecule has 106 valence electrons. The number of hydrogen-bond acceptors (Lipinski definition) is 3. The van der Waals surface area contributed by atoms with E-state index >= 15 is 0 Å². The minimum atomic E-state index is -0.332. The van der Waals surface area contributed by atoms with E-state index in [0.717, 1.165) is 10.9 Å². The van der Waals surface area contributed by atoms with Crippen LogP contribution in [-0.4, -0.2) is 24.0 Å². The zero-order chi connectivity index (χ0) is 14.8. The van der Waals surface area contributed by atoms with Crippen LogP contribution in [0, 0.1) is 5.41 Å². The zero-order valence-electron chi connectivity index (χ0n) is 12.4. The number of para-hydroxylation sites is 1. The molecule has 0 radical (unpaired) electrons. The van der Waals surface area contributed by atoms with Crippen molar-refractivity contribution in [1.82, 2.24) is 10.3 Å². The summed E-state index contributed by atoms with van der Waals surface area (Å²) in [6, 6.07) is 11.5. The number of nitrogens with one attached hydrogen (secondary N) is 2. The van der Waals surface area contributed by atoms with Gasteiger partial charge < -0.3 is 10.6 Å². The Morgan fingerprint density at radius 1 is 1.15 bits per heavy atom. The summed E-state index contributed by atoms with van der Waals surface area (Å²) in [7, 11) is 1.65. The van der Waals surface area contributed by atoms with Crippen LogP contribution in [0.25, 0.3) is 10.9 Å². The van der Waals surface area contributed by atoms with Gasteiger partial charge in [0.25, 0.3) is 0 Å². The number of rotatable bonds is 3. The average Bonchev–Trinajstić information content (AvgIpc) is 2.42. The van der Waals surface area contributed by atoms with E-state index in [4.69, 9.17) is 0 Å². The molecule has 2 N–H and O–H groups in total. The Morgan fingerprint density at radius 3 is 2.50 bits per heavy atom. The molecule has 2 rings (SSSR count). The van der Waals surface area contributed by atoms with Crippen LogP contribution in [0.15, 0.2) is 36.4 Å². The number of pyridine rings is 1. The van der Waals surface area contributed by atoms with E-state index in [1.54, 1.807) is 7.05 Å². The highest BCUT2D eigenvalue weighted by atomic mass is 16.2. The fraction of sp³-hybridized carbons (Fsp3) is 0.375. The van der Waals surface area contributed by atoms with Crippen molar-refractivity contribution in [3.8, 4) is 0 Å². The molecule has 4 heteroatoms. The maximum atomic E-state index is 12.0. The van der Waals surface area contributed by atoms with Crippen molar-refractivity contribution >= 4 is 22.6 Å². The number of nitrogens with zero attached hydrogens (tertiary/aromatic N) is 1. The topological polar surface area (TPSA) is 54.0 Å². The van der Waals surface area contributed by atoms with E-state index in [2.05, 4.69) is 15.6 Å². The van der Waals surface area contributed by atoms with Crippen molar-refractivity contribution in [2.24, 2.45) is 5.41 Å². The highest BCUT2D eigenvalue weighted by Gasteiger charge is 2.30. The SMILES string of the molecule is CNC(=O)C(Nc1ccc2ccccc2n1)C(C)(C)C. The molecule has 2 aromatic rings. The number of benzene rings is 1. The third-order valence-corrected chi connectivity index (χ3v) is 3.27. The van der Waals surface area contributed by atoms with Gasteiger partial charge in [0.2, 0.25) is 5.91 Å². The van der Waals surface area contributed by atoms with E-state index in [9.17, 15) is 4.79 Å². The lowest BCUT2D eigenvalue weighted by Crippen LogP contribution is -2.46. The lowest BCUT2D eigenvalue weighted by atomic mass is 9.86. The zero-order valence-corrected chi connectivity index (χ0v) is 12.4. The summed E-state index contributed by atoms with van der Waals surface area (Å²) in [6.07, 6.45) is 0. The first kappa shape index (κ1) is 14.3. The summed E-state index contributed by atoms with van der Waals surface area (Å²) in [5, 5.41) is 7.03. The second-order valence-corrected chi connectivity index (χ2v) is 5.95. The molecule has 4 nitrogen and oxygen atoms in total. The van der Waals surface area contributed by atoms with Crippen LogP contribution in [0.5, 0.6) is 0 Å². The summed E-state index contributed by atoms with van der Waals surface area (Å²) >= 11 is 0. The van der Waals surface area contributed by atoms with Crippen LogP contribution in [0.4, 0.5) is 5.82 Å². The van der Waals surface area contributed by atoms with Crippen molar-refractivity contribution in [2.45, 2.75) is 26.8 Å². The van der Waals surface area contributed by atoms with Crippen LogP contribution < -0.4 is 10.6 Å². The van der Waals surface area contributed by atoms with Crippen LogP contribution in [-0.2, 0) is 4.79 Å². The number of hydrogen-bond donors (Lipinski definition) is 2. The average molecular weight is 271 g/mol. The van der Waals surface area contributed by atoms with E-state index in [0.29, 0.717) is 5.82 Å². The molecule has 1 aromatic carbocycles. The van der Waals surface area contributed by atoms with Gasteiger partial charge in [0.15, 0.2) is 0 Å². The van der Waals surface area contributed by atoms with Gasteiger partial charge in [-0.3, -0.25) is 4.79 Å². The molecule has 1 heterocycles. The van der Waals surface area contributed by atoms with Gasteiger partial charge in [0, 0.05) is 12.4 Å². The lowest BCUT2D eigenvalue weighted by Gasteiger charge is -2.30. The van der Waals surface area contributed by atoms with Crippen molar-refractivity contribution < 1.29 is 4.79 Å². The van der Waals surface area contributed by atoms with E-state index in [1.165, 1.54) is 0 Å². The van der Waals surface area contributed by atoms with Gasteiger partial charge >= 0.3 is 0 Å². The summed E-state index contributed by atoms with van der Waals surface area (Å²) in [4.78, 5) is 16.6. The summed E-state index contributed by atoms with van der Waals surface area (Å²) in [6.45, 7) is 6.09. The Kier molecular flexibility index (Phi) is 3.93. The van der Waals surface area contributed by atoms with E-state index in [-0.39, 0.29) is 17.4 Å². The summed E-state index contributed by atoms with van der Waals surface area (Å²) in [5.41, 5.74) is 0.718. The highest BCUT2D eigenvalue weighted by molar-refractivity contribution is 5.86. The normalized spacial score (nSPS) is 13.0. The van der Waals surface area contributed by atoms with Crippen molar-refractivity contribution in [1.29, 1.82) is 0 Å². The Hall–Kier alpha value is -2.10. The molecule has 0 aliphatic heterocycles. The smallest absolute Gasteiger partial charge is 0.242 e. The molecule has 1 aromatic heterocycles. The largest absolute Gasteiger partial charge is 0.358 e. The van der Waals surface area contributed by atoms with Crippen LogP contribution >= 0.6 is 0 Å². The number of likely N-dealkylation sites (N-methyl/N-ethyl adjacent to an activating group) is 1. The van der Waals surface area contributed by atoms with Crippen LogP contribution in [0.3, 0.4) is 0 Å². The Morgan fingerprint density at radius 2 is 1.85 bits per heavy atom. The molecule has 0 aliphatic carbocycles. The van der Waals surface area contributed by atoms with Crippen molar-refractivity contribution in [3.63, 3.8) is 0 Å². The predicted molar refractivity (Wildman–Crippen MR) is 82.7 cm³/mol. The lowest BCUT2D eigenvalue weighted by molar-refractivity contribution is -0.123. The molecule has 1 atom stereocenters. The number of anilines is 1. The van der Waals surface area contributed by atoms with Crippen LogP contribution in [0.2, 0.25) is 0 Å². The molecule has 0 saturated carbocycles. The van der Waals surface area contributed by atoms with Gasteiger partial charge in [-0.1, -0.05) is 39.0 Å². The van der Waals surface area contributed by atoms with Gasteiger partial charge in [-0.15, -0.1) is 0 Å². The number of carbonyl (C=O) groups excluding carboxylic acids is 1. The third kappa shape index (κ3) is 3.07. The number of aromatic nitrogens is 1. The third-order valence-electron chi connectivity index (χ3n) is 3.27. The molecule has 0 bridgehead atoms. The Balaban J connectivity index is 2.31. The molecule has 0 fully saturated rings. The number of carbonyl (C=O) groups is 1. The molecule has 20 heavy (non-hydrogen) atoms. The van der Waals surface area contributed by atoms with E-state index in [1.807, 2.05) is 57.2 Å². The van der Waals surface area contributed by atoms with Gasteiger partial charge in [-0.25, -0.2) is 4.98 Å². The molecule has 0 saturated heterocycles. The molecular weight excluding hydrogens is 250 g/mol. The molecule has 0 aliphatic rings. The molecule has 1 amide bonds. The predicted octanol–water partition coefficient (Wildman–Crippen LogP) is 2.81. The first-order valence-corrected chi connectivity index (χ1v) is 6.76. The monoisotopic (exact) mass is 271 g/mol. The maximum Gasteiger partial charge on any atom is 0.242 e. The standard InChI is InChI=1S/C16H21N3O/c1-16(2,3)14(15(20)17-4)19-13-10-9-11-7-5-6-8-12(11)18-13/h5-10,14H,1-4H3,(H,17,20)(H,18,19). The maximum absolute atomic E-state index is 12.0. The van der Waals surface area contributed by atoms with Crippen molar-refractivity contribution in [3.05, 3.63) is 36.4 Å². The minimum Gasteiger partial charge on any atom is -0.358 e.